The van der Waals surface area contributed by atoms with E-state index in [-0.39, 0.29) is 6.04 Å². The van der Waals surface area contributed by atoms with Crippen molar-refractivity contribution in [1.82, 2.24) is 0 Å². The second-order valence-corrected chi connectivity index (χ2v) is 5.54. The fourth-order valence-corrected chi connectivity index (χ4v) is 2.95. The van der Waals surface area contributed by atoms with Crippen LogP contribution in [0.25, 0.3) is 0 Å². The molecule has 2 atom stereocenters. The number of halogens is 1. The molecule has 0 aliphatic carbocycles. The van der Waals surface area contributed by atoms with Crippen molar-refractivity contribution in [2.24, 2.45) is 5.73 Å². The van der Waals surface area contributed by atoms with E-state index in [0.717, 1.165) is 11.0 Å². The van der Waals surface area contributed by atoms with Gasteiger partial charge in [-0.25, -0.2) is 0 Å². The van der Waals surface area contributed by atoms with Gasteiger partial charge in [-0.05, 0) is 60.3 Å². The summed E-state index contributed by atoms with van der Waals surface area (Å²) < 4.78 is 1.16. The van der Waals surface area contributed by atoms with Crippen LogP contribution in [0.3, 0.4) is 0 Å². The van der Waals surface area contributed by atoms with Crippen LogP contribution in [0.15, 0.2) is 22.7 Å². The van der Waals surface area contributed by atoms with Gasteiger partial charge in [-0.3, -0.25) is 0 Å². The van der Waals surface area contributed by atoms with E-state index in [1.165, 1.54) is 24.1 Å². The van der Waals surface area contributed by atoms with Gasteiger partial charge < -0.3 is 10.6 Å². The Labute approximate surface area is 106 Å². The first-order chi connectivity index (χ1) is 7.59. The molecule has 0 saturated carbocycles. The summed E-state index contributed by atoms with van der Waals surface area (Å²) in [6.07, 6.45) is 2.59. The van der Waals surface area contributed by atoms with Gasteiger partial charge in [0, 0.05) is 23.1 Å². The number of nitrogens with two attached hydrogens (primary N) is 1. The Morgan fingerprint density at radius 2 is 2.25 bits per heavy atom. The maximum absolute atomic E-state index is 5.88. The number of hydrogen-bond donors (Lipinski definition) is 1. The average Bonchev–Trinajstić information content (AvgIpc) is 2.64. The van der Waals surface area contributed by atoms with Crippen molar-refractivity contribution in [1.29, 1.82) is 0 Å². The predicted molar refractivity (Wildman–Crippen MR) is 72.8 cm³/mol. The standard InChI is InChI=1S/C13H19BrN2/c1-9-4-3-7-16(9)13-6-5-11(10(2)15)8-12(13)14/h5-6,8-10H,3-4,7,15H2,1-2H3. The summed E-state index contributed by atoms with van der Waals surface area (Å²) in [6.45, 7) is 5.47. The van der Waals surface area contributed by atoms with Crippen molar-refractivity contribution in [3.8, 4) is 0 Å². The minimum absolute atomic E-state index is 0.0985. The molecule has 0 bridgehead atoms. The first kappa shape index (κ1) is 11.9. The third-order valence-electron chi connectivity index (χ3n) is 3.36. The first-order valence-corrected chi connectivity index (χ1v) is 6.70. The maximum Gasteiger partial charge on any atom is 0.0513 e. The van der Waals surface area contributed by atoms with Crippen molar-refractivity contribution in [2.45, 2.75) is 38.8 Å². The molecule has 0 radical (unpaired) electrons. The number of hydrogen-bond acceptors (Lipinski definition) is 2. The Morgan fingerprint density at radius 1 is 1.50 bits per heavy atom. The Balaban J connectivity index is 2.28. The van der Waals surface area contributed by atoms with Crippen molar-refractivity contribution < 1.29 is 0 Å². The third-order valence-corrected chi connectivity index (χ3v) is 4.00. The zero-order chi connectivity index (χ0) is 11.7. The van der Waals surface area contributed by atoms with Crippen LogP contribution in [0, 0.1) is 0 Å². The lowest BCUT2D eigenvalue weighted by Crippen LogP contribution is -2.26. The number of rotatable bonds is 2. The zero-order valence-corrected chi connectivity index (χ0v) is 11.5. The van der Waals surface area contributed by atoms with E-state index >= 15 is 0 Å². The lowest BCUT2D eigenvalue weighted by atomic mass is 10.1. The van der Waals surface area contributed by atoms with Gasteiger partial charge in [0.2, 0.25) is 0 Å². The molecule has 1 fully saturated rings. The molecule has 1 aliphatic heterocycles. The Hall–Kier alpha value is -0.540. The molecule has 16 heavy (non-hydrogen) atoms. The molecule has 1 aliphatic rings. The van der Waals surface area contributed by atoms with E-state index in [0.29, 0.717) is 6.04 Å². The zero-order valence-electron chi connectivity index (χ0n) is 9.91. The molecule has 1 heterocycles. The van der Waals surface area contributed by atoms with E-state index in [4.69, 9.17) is 5.73 Å². The van der Waals surface area contributed by atoms with E-state index < -0.39 is 0 Å². The van der Waals surface area contributed by atoms with Crippen LogP contribution >= 0.6 is 15.9 Å². The van der Waals surface area contributed by atoms with Gasteiger partial charge >= 0.3 is 0 Å². The highest BCUT2D eigenvalue weighted by Crippen LogP contribution is 2.33. The average molecular weight is 283 g/mol. The smallest absolute Gasteiger partial charge is 0.0513 e. The van der Waals surface area contributed by atoms with E-state index in [2.05, 4.69) is 46.0 Å². The maximum atomic E-state index is 5.88. The van der Waals surface area contributed by atoms with E-state index in [1.54, 1.807) is 0 Å². The quantitative estimate of drug-likeness (QED) is 0.900. The Morgan fingerprint density at radius 3 is 2.75 bits per heavy atom. The van der Waals surface area contributed by atoms with E-state index in [1.807, 2.05) is 6.92 Å². The Bertz CT molecular complexity index is 376. The van der Waals surface area contributed by atoms with Crippen LogP contribution in [0.4, 0.5) is 5.69 Å². The number of nitrogens with zero attached hydrogens (tertiary/aromatic N) is 1. The molecular weight excluding hydrogens is 264 g/mol. The van der Waals surface area contributed by atoms with Crippen molar-refractivity contribution in [3.63, 3.8) is 0 Å². The fraction of sp³-hybridized carbons (Fsp3) is 0.538. The summed E-state index contributed by atoms with van der Waals surface area (Å²) in [4.78, 5) is 2.47. The second kappa shape index (κ2) is 4.76. The first-order valence-electron chi connectivity index (χ1n) is 5.91. The minimum Gasteiger partial charge on any atom is -0.368 e. The summed E-state index contributed by atoms with van der Waals surface area (Å²) in [6, 6.07) is 7.21. The lowest BCUT2D eigenvalue weighted by molar-refractivity contribution is 0.733. The summed E-state index contributed by atoms with van der Waals surface area (Å²) in [7, 11) is 0. The van der Waals surface area contributed by atoms with Crippen LogP contribution < -0.4 is 10.6 Å². The van der Waals surface area contributed by atoms with Crippen LogP contribution in [0.5, 0.6) is 0 Å². The molecule has 0 aromatic heterocycles. The van der Waals surface area contributed by atoms with Gasteiger partial charge in [-0.15, -0.1) is 0 Å². The number of benzene rings is 1. The lowest BCUT2D eigenvalue weighted by Gasteiger charge is -2.25. The normalized spacial score (nSPS) is 22.5. The van der Waals surface area contributed by atoms with E-state index in [9.17, 15) is 0 Å². The highest BCUT2D eigenvalue weighted by molar-refractivity contribution is 9.10. The molecule has 1 saturated heterocycles. The molecule has 3 heteroatoms. The molecule has 1 aromatic rings. The van der Waals surface area contributed by atoms with Gasteiger partial charge in [-0.1, -0.05) is 6.07 Å². The molecule has 88 valence electrons. The minimum atomic E-state index is 0.0985. The second-order valence-electron chi connectivity index (χ2n) is 4.68. The summed E-state index contributed by atoms with van der Waals surface area (Å²) in [5.41, 5.74) is 8.36. The molecule has 2 nitrogen and oxygen atoms in total. The SMILES string of the molecule is CC(N)c1ccc(N2CCCC2C)c(Br)c1. The predicted octanol–water partition coefficient (Wildman–Crippen LogP) is 3.46. The van der Waals surface area contributed by atoms with Gasteiger partial charge in [0.1, 0.15) is 0 Å². The van der Waals surface area contributed by atoms with Crippen molar-refractivity contribution in [2.75, 3.05) is 11.4 Å². The monoisotopic (exact) mass is 282 g/mol. The third kappa shape index (κ3) is 2.25. The summed E-state index contributed by atoms with van der Waals surface area (Å²) >= 11 is 3.66. The van der Waals surface area contributed by atoms with Crippen molar-refractivity contribution >= 4 is 21.6 Å². The molecular formula is C13H19BrN2. The van der Waals surface area contributed by atoms with Crippen LogP contribution in [0.2, 0.25) is 0 Å². The van der Waals surface area contributed by atoms with Gasteiger partial charge in [0.15, 0.2) is 0 Å². The largest absolute Gasteiger partial charge is 0.368 e. The molecule has 1 aromatic carbocycles. The van der Waals surface area contributed by atoms with Crippen LogP contribution in [0.1, 0.15) is 38.3 Å². The summed E-state index contributed by atoms with van der Waals surface area (Å²) in [5.74, 6) is 0. The Kier molecular flexibility index (Phi) is 3.55. The van der Waals surface area contributed by atoms with Gasteiger partial charge in [0.05, 0.1) is 5.69 Å². The molecule has 0 spiro atoms. The van der Waals surface area contributed by atoms with Gasteiger partial charge in [0.25, 0.3) is 0 Å². The highest BCUT2D eigenvalue weighted by atomic mass is 79.9. The fourth-order valence-electron chi connectivity index (χ4n) is 2.33. The molecule has 2 N–H and O–H groups in total. The van der Waals surface area contributed by atoms with Crippen LogP contribution in [-0.4, -0.2) is 12.6 Å². The highest BCUT2D eigenvalue weighted by Gasteiger charge is 2.22. The topological polar surface area (TPSA) is 29.3 Å². The number of anilines is 1. The van der Waals surface area contributed by atoms with Crippen molar-refractivity contribution in [3.05, 3.63) is 28.2 Å². The molecule has 2 rings (SSSR count). The van der Waals surface area contributed by atoms with Crippen LogP contribution in [-0.2, 0) is 0 Å². The molecule has 2 unspecified atom stereocenters. The summed E-state index contributed by atoms with van der Waals surface area (Å²) in [5, 5.41) is 0. The molecule has 0 amide bonds. The van der Waals surface area contributed by atoms with Gasteiger partial charge in [-0.2, -0.15) is 0 Å².